The summed E-state index contributed by atoms with van der Waals surface area (Å²) in [6.45, 7) is 2.52. The van der Waals surface area contributed by atoms with Crippen LogP contribution < -0.4 is 15.0 Å². The number of hydrogen-bond donors (Lipinski definition) is 0. The Hall–Kier alpha value is -4.76. The van der Waals surface area contributed by atoms with Gasteiger partial charge in [-0.15, -0.1) is 0 Å². The van der Waals surface area contributed by atoms with Crippen molar-refractivity contribution in [2.24, 2.45) is 5.10 Å². The van der Waals surface area contributed by atoms with Crippen LogP contribution in [0.4, 0.5) is 4.39 Å². The van der Waals surface area contributed by atoms with Gasteiger partial charge in [0.25, 0.3) is 5.56 Å². The first-order valence-electron chi connectivity index (χ1n) is 12.9. The number of hydrogen-bond acceptors (Lipinski definition) is 6. The molecule has 7 nitrogen and oxygen atoms in total. The summed E-state index contributed by atoms with van der Waals surface area (Å²) in [6.07, 6.45) is 1.56. The normalized spacial score (nSPS) is 11.5. The molecule has 6 rings (SSSR count). The fourth-order valence-electron chi connectivity index (χ4n) is 4.37. The third-order valence-corrected chi connectivity index (χ3v) is 7.07. The second-order valence-electron chi connectivity index (χ2n) is 9.13. The van der Waals surface area contributed by atoms with Crippen LogP contribution >= 0.6 is 15.9 Å². The highest BCUT2D eigenvalue weighted by Crippen LogP contribution is 2.34. The van der Waals surface area contributed by atoms with Gasteiger partial charge in [0.05, 0.1) is 23.7 Å². The van der Waals surface area contributed by atoms with Crippen LogP contribution in [0.3, 0.4) is 0 Å². The number of benzene rings is 4. The lowest BCUT2D eigenvalue weighted by atomic mass is 10.2. The van der Waals surface area contributed by atoms with Gasteiger partial charge in [0, 0.05) is 15.4 Å². The van der Waals surface area contributed by atoms with E-state index in [1.165, 1.54) is 16.8 Å². The molecule has 0 fully saturated rings. The molecule has 0 radical (unpaired) electrons. The van der Waals surface area contributed by atoms with Crippen molar-refractivity contribution < 1.29 is 18.3 Å². The van der Waals surface area contributed by atoms with Crippen molar-refractivity contribution in [3.05, 3.63) is 123 Å². The van der Waals surface area contributed by atoms with E-state index in [-0.39, 0.29) is 23.8 Å². The summed E-state index contributed by atoms with van der Waals surface area (Å²) in [5.41, 5.74) is 2.36. The van der Waals surface area contributed by atoms with E-state index in [0.717, 1.165) is 10.9 Å². The molecule has 0 spiro atoms. The quantitative estimate of drug-likeness (QED) is 0.166. The molecule has 204 valence electrons. The van der Waals surface area contributed by atoms with Crippen LogP contribution in [0.25, 0.3) is 33.5 Å². The third kappa shape index (κ3) is 5.49. The SMILES string of the molecule is CCOc1cc(C=Nn2c(-c3cc4ccccc4o3)nc3ccccc3c2=O)c(Br)cc1OCc1ccc(F)cc1. The third-order valence-electron chi connectivity index (χ3n) is 6.38. The van der Waals surface area contributed by atoms with Gasteiger partial charge >= 0.3 is 0 Å². The van der Waals surface area contributed by atoms with Crippen molar-refractivity contribution in [1.29, 1.82) is 0 Å². The molecule has 0 aliphatic heterocycles. The van der Waals surface area contributed by atoms with Crippen molar-refractivity contribution in [2.45, 2.75) is 13.5 Å². The van der Waals surface area contributed by atoms with E-state index in [4.69, 9.17) is 18.9 Å². The van der Waals surface area contributed by atoms with Gasteiger partial charge in [0.15, 0.2) is 17.3 Å². The fraction of sp³-hybridized carbons (Fsp3) is 0.0938. The van der Waals surface area contributed by atoms with Gasteiger partial charge in [-0.1, -0.05) is 42.5 Å². The van der Waals surface area contributed by atoms with E-state index in [1.54, 1.807) is 48.7 Å². The van der Waals surface area contributed by atoms with E-state index in [1.807, 2.05) is 43.3 Å². The maximum absolute atomic E-state index is 13.6. The molecule has 2 heterocycles. The van der Waals surface area contributed by atoms with E-state index < -0.39 is 0 Å². The molecule has 4 aromatic carbocycles. The van der Waals surface area contributed by atoms with Crippen molar-refractivity contribution in [1.82, 2.24) is 9.66 Å². The monoisotopic (exact) mass is 611 g/mol. The summed E-state index contributed by atoms with van der Waals surface area (Å²) >= 11 is 3.59. The van der Waals surface area contributed by atoms with Crippen molar-refractivity contribution in [3.63, 3.8) is 0 Å². The van der Waals surface area contributed by atoms with Crippen molar-refractivity contribution in [3.8, 4) is 23.1 Å². The maximum Gasteiger partial charge on any atom is 0.282 e. The molecule has 0 aliphatic rings. The number of nitrogens with zero attached hydrogens (tertiary/aromatic N) is 3. The van der Waals surface area contributed by atoms with Crippen LogP contribution in [0.2, 0.25) is 0 Å². The largest absolute Gasteiger partial charge is 0.490 e. The van der Waals surface area contributed by atoms with Crippen molar-refractivity contribution >= 4 is 44.0 Å². The first-order chi connectivity index (χ1) is 20.0. The van der Waals surface area contributed by atoms with Gasteiger partial charge in [-0.2, -0.15) is 9.78 Å². The number of aromatic nitrogens is 2. The van der Waals surface area contributed by atoms with Crippen LogP contribution in [-0.2, 0) is 6.61 Å². The molecule has 41 heavy (non-hydrogen) atoms. The molecule has 0 N–H and O–H groups in total. The molecule has 0 saturated carbocycles. The molecule has 0 atom stereocenters. The van der Waals surface area contributed by atoms with E-state index in [2.05, 4.69) is 21.0 Å². The number of para-hydroxylation sites is 2. The highest BCUT2D eigenvalue weighted by molar-refractivity contribution is 9.10. The second kappa shape index (κ2) is 11.4. The number of ether oxygens (including phenoxy) is 2. The van der Waals surface area contributed by atoms with Crippen LogP contribution in [0.5, 0.6) is 11.5 Å². The Morgan fingerprint density at radius 1 is 0.976 bits per heavy atom. The Morgan fingerprint density at radius 2 is 1.73 bits per heavy atom. The standard InChI is InChI=1S/C32H23BrFN3O4/c1-2-39-28-16-22(25(33)17-29(28)40-19-20-11-13-23(34)14-12-20)18-35-37-31(30-15-21-7-3-6-10-27(21)41-30)36-26-9-5-4-8-24(26)32(37)38/h3-18H,2,19H2,1H3. The van der Waals surface area contributed by atoms with Gasteiger partial charge in [-0.25, -0.2) is 9.37 Å². The van der Waals surface area contributed by atoms with Gasteiger partial charge in [-0.3, -0.25) is 4.79 Å². The minimum atomic E-state index is -0.331. The van der Waals surface area contributed by atoms with E-state index >= 15 is 0 Å². The lowest BCUT2D eigenvalue weighted by Crippen LogP contribution is -2.20. The molecule has 0 aliphatic carbocycles. The molecular weight excluding hydrogens is 589 g/mol. The average Bonchev–Trinajstić information content (AvgIpc) is 3.42. The summed E-state index contributed by atoms with van der Waals surface area (Å²) < 4.78 is 33.1. The summed E-state index contributed by atoms with van der Waals surface area (Å²) in [7, 11) is 0. The van der Waals surface area contributed by atoms with Gasteiger partial charge in [0.1, 0.15) is 18.0 Å². The second-order valence-corrected chi connectivity index (χ2v) is 9.99. The lowest BCUT2D eigenvalue weighted by molar-refractivity contribution is 0.269. The topological polar surface area (TPSA) is 78.9 Å². The molecule has 2 aromatic heterocycles. The molecule has 9 heteroatoms. The van der Waals surface area contributed by atoms with E-state index in [9.17, 15) is 9.18 Å². The molecule has 0 amide bonds. The molecule has 0 bridgehead atoms. The van der Waals surface area contributed by atoms with Crippen LogP contribution in [0.15, 0.2) is 110 Å². The summed E-state index contributed by atoms with van der Waals surface area (Å²) in [6, 6.07) is 26.2. The van der Waals surface area contributed by atoms with E-state index in [0.29, 0.717) is 50.4 Å². The molecule has 6 aromatic rings. The predicted molar refractivity (Wildman–Crippen MR) is 160 cm³/mol. The minimum absolute atomic E-state index is 0.235. The molecule has 0 unspecified atom stereocenters. The zero-order valence-corrected chi connectivity index (χ0v) is 23.5. The van der Waals surface area contributed by atoms with Crippen molar-refractivity contribution in [2.75, 3.05) is 6.61 Å². The predicted octanol–water partition coefficient (Wildman–Crippen LogP) is 7.57. The Kier molecular flexibility index (Phi) is 7.35. The zero-order chi connectivity index (χ0) is 28.3. The molecular formula is C32H23BrFN3O4. The van der Waals surface area contributed by atoms with Crippen LogP contribution in [0.1, 0.15) is 18.1 Å². The number of halogens is 2. The lowest BCUT2D eigenvalue weighted by Gasteiger charge is -2.14. The Labute approximate surface area is 242 Å². The first kappa shape index (κ1) is 26.5. The summed E-state index contributed by atoms with van der Waals surface area (Å²) in [5, 5.41) is 5.88. The summed E-state index contributed by atoms with van der Waals surface area (Å²) in [4.78, 5) is 18.3. The van der Waals surface area contributed by atoms with Crippen LogP contribution in [0, 0.1) is 5.82 Å². The summed E-state index contributed by atoms with van der Waals surface area (Å²) in [5.74, 6) is 1.40. The maximum atomic E-state index is 13.6. The van der Waals surface area contributed by atoms with Gasteiger partial charge in [0.2, 0.25) is 5.82 Å². The fourth-order valence-corrected chi connectivity index (χ4v) is 4.80. The smallest absolute Gasteiger partial charge is 0.282 e. The van der Waals surface area contributed by atoms with Gasteiger partial charge < -0.3 is 13.9 Å². The Bertz CT molecular complexity index is 1930. The average molecular weight is 612 g/mol. The Balaban J connectivity index is 1.40. The van der Waals surface area contributed by atoms with Gasteiger partial charge in [-0.05, 0) is 76.9 Å². The number of rotatable bonds is 8. The first-order valence-corrected chi connectivity index (χ1v) is 13.7. The Morgan fingerprint density at radius 3 is 2.54 bits per heavy atom. The number of furan rings is 1. The highest BCUT2D eigenvalue weighted by atomic mass is 79.9. The minimum Gasteiger partial charge on any atom is -0.490 e. The zero-order valence-electron chi connectivity index (χ0n) is 21.9. The number of fused-ring (bicyclic) bond motifs is 2. The van der Waals surface area contributed by atoms with Crippen LogP contribution in [-0.4, -0.2) is 22.5 Å². The molecule has 0 saturated heterocycles. The highest BCUT2D eigenvalue weighted by Gasteiger charge is 2.17.